The molecule has 0 saturated heterocycles. The van der Waals surface area contributed by atoms with E-state index >= 15 is 0 Å². The van der Waals surface area contributed by atoms with E-state index in [4.69, 9.17) is 0 Å². The van der Waals surface area contributed by atoms with Crippen LogP contribution in [0, 0.1) is 0 Å². The predicted molar refractivity (Wildman–Crippen MR) is 76.6 cm³/mol. The van der Waals surface area contributed by atoms with Gasteiger partial charge in [-0.3, -0.25) is 0 Å². The number of aliphatic hydroxyl groups excluding tert-OH is 1. The second-order valence-electron chi connectivity index (χ2n) is 4.06. The van der Waals surface area contributed by atoms with E-state index in [1.54, 1.807) is 0 Å². The fraction of sp³-hybridized carbons (Fsp3) is 0.214. The largest absolute Gasteiger partial charge is 0.394 e. The number of hydrogen-bond donors (Lipinski definition) is 2. The van der Waals surface area contributed by atoms with Crippen molar-refractivity contribution < 1.29 is 5.11 Å². The summed E-state index contributed by atoms with van der Waals surface area (Å²) in [6.07, 6.45) is 0.769. The molecule has 2 rings (SSSR count). The van der Waals surface area contributed by atoms with Crippen molar-refractivity contribution in [1.82, 2.24) is 4.98 Å². The highest BCUT2D eigenvalue weighted by Gasteiger charge is 2.08. The quantitative estimate of drug-likeness (QED) is 0.835. The molecule has 1 atom stereocenters. The average Bonchev–Trinajstić information content (AvgIpc) is 2.39. The van der Waals surface area contributed by atoms with Crippen LogP contribution >= 0.6 is 15.9 Å². The first-order valence-corrected chi connectivity index (χ1v) is 6.61. The van der Waals surface area contributed by atoms with Gasteiger partial charge in [-0.15, -0.1) is 0 Å². The van der Waals surface area contributed by atoms with Crippen molar-refractivity contribution in [2.75, 3.05) is 11.9 Å². The number of benzene rings is 1. The molecule has 0 bridgehead atoms. The summed E-state index contributed by atoms with van der Waals surface area (Å²) in [5.41, 5.74) is 1.19. The van der Waals surface area contributed by atoms with Crippen LogP contribution in [0.4, 0.5) is 5.82 Å². The standard InChI is InChI=1S/C14H15BrN2O/c15-13-7-4-8-14(17-13)16-12(10-18)9-11-5-2-1-3-6-11/h1-8,12,18H,9-10H2,(H,16,17). The highest BCUT2D eigenvalue weighted by atomic mass is 79.9. The van der Waals surface area contributed by atoms with Gasteiger partial charge in [-0.25, -0.2) is 4.98 Å². The summed E-state index contributed by atoms with van der Waals surface area (Å²) >= 11 is 3.33. The summed E-state index contributed by atoms with van der Waals surface area (Å²) in [5, 5.41) is 12.6. The molecule has 94 valence electrons. The monoisotopic (exact) mass is 306 g/mol. The number of nitrogens with zero attached hydrogens (tertiary/aromatic N) is 1. The lowest BCUT2D eigenvalue weighted by Crippen LogP contribution is -2.26. The Morgan fingerprint density at radius 1 is 1.11 bits per heavy atom. The van der Waals surface area contributed by atoms with Gasteiger partial charge >= 0.3 is 0 Å². The van der Waals surface area contributed by atoms with Crippen LogP contribution in [0.25, 0.3) is 0 Å². The maximum atomic E-state index is 9.42. The summed E-state index contributed by atoms with van der Waals surface area (Å²) in [6.45, 7) is 0.0725. The van der Waals surface area contributed by atoms with Crippen molar-refractivity contribution >= 4 is 21.7 Å². The maximum absolute atomic E-state index is 9.42. The topological polar surface area (TPSA) is 45.1 Å². The Kier molecular flexibility index (Phi) is 4.73. The lowest BCUT2D eigenvalue weighted by atomic mass is 10.1. The van der Waals surface area contributed by atoms with Gasteiger partial charge in [0.25, 0.3) is 0 Å². The zero-order valence-electron chi connectivity index (χ0n) is 9.88. The van der Waals surface area contributed by atoms with E-state index in [-0.39, 0.29) is 12.6 Å². The lowest BCUT2D eigenvalue weighted by Gasteiger charge is -2.17. The number of anilines is 1. The van der Waals surface area contributed by atoms with Gasteiger partial charge in [-0.05, 0) is 40.0 Å². The van der Waals surface area contributed by atoms with Crippen molar-refractivity contribution in [3.63, 3.8) is 0 Å². The van der Waals surface area contributed by atoms with Crippen LogP contribution in [0.1, 0.15) is 5.56 Å². The Bertz CT molecular complexity index is 490. The van der Waals surface area contributed by atoms with Crippen molar-refractivity contribution in [1.29, 1.82) is 0 Å². The van der Waals surface area contributed by atoms with Gasteiger partial charge in [0.05, 0.1) is 12.6 Å². The van der Waals surface area contributed by atoms with Gasteiger partial charge in [-0.2, -0.15) is 0 Å². The van der Waals surface area contributed by atoms with E-state index in [0.29, 0.717) is 0 Å². The van der Waals surface area contributed by atoms with Gasteiger partial charge in [0.2, 0.25) is 0 Å². The summed E-state index contributed by atoms with van der Waals surface area (Å²) in [7, 11) is 0. The number of pyridine rings is 1. The molecule has 0 amide bonds. The van der Waals surface area contributed by atoms with Gasteiger partial charge in [0, 0.05) is 0 Å². The number of halogens is 1. The van der Waals surface area contributed by atoms with Gasteiger partial charge < -0.3 is 10.4 Å². The molecule has 0 aliphatic rings. The van der Waals surface area contributed by atoms with E-state index in [1.807, 2.05) is 36.4 Å². The third-order valence-electron chi connectivity index (χ3n) is 2.61. The second kappa shape index (κ2) is 6.52. The van der Waals surface area contributed by atoms with Crippen LogP contribution in [-0.2, 0) is 6.42 Å². The number of hydrogen-bond acceptors (Lipinski definition) is 3. The molecule has 0 aliphatic carbocycles. The molecule has 0 radical (unpaired) electrons. The maximum Gasteiger partial charge on any atom is 0.127 e. The number of aromatic nitrogens is 1. The molecule has 1 heterocycles. The van der Waals surface area contributed by atoms with Crippen molar-refractivity contribution in [3.05, 3.63) is 58.7 Å². The Hall–Kier alpha value is -1.39. The Morgan fingerprint density at radius 2 is 1.89 bits per heavy atom. The molecule has 2 N–H and O–H groups in total. The summed E-state index contributed by atoms with van der Waals surface area (Å²) in [5.74, 6) is 0.763. The SMILES string of the molecule is OCC(Cc1ccccc1)Nc1cccc(Br)n1. The fourth-order valence-corrected chi connectivity index (χ4v) is 2.10. The molecule has 1 aromatic heterocycles. The van der Waals surface area contributed by atoms with E-state index in [9.17, 15) is 5.11 Å². The summed E-state index contributed by atoms with van der Waals surface area (Å²) in [6, 6.07) is 15.7. The normalized spacial score (nSPS) is 12.1. The van der Waals surface area contributed by atoms with Gasteiger partial charge in [0.15, 0.2) is 0 Å². The van der Waals surface area contributed by atoms with Crippen molar-refractivity contribution in [2.45, 2.75) is 12.5 Å². The number of nitrogens with one attached hydrogen (secondary N) is 1. The molecule has 1 unspecified atom stereocenters. The fourth-order valence-electron chi connectivity index (χ4n) is 1.76. The minimum Gasteiger partial charge on any atom is -0.394 e. The molecule has 0 saturated carbocycles. The Balaban J connectivity index is 2.01. The molecule has 0 aliphatic heterocycles. The zero-order chi connectivity index (χ0) is 12.8. The molecule has 1 aromatic carbocycles. The minimum atomic E-state index is -0.0331. The Morgan fingerprint density at radius 3 is 2.56 bits per heavy atom. The van der Waals surface area contributed by atoms with Crippen LogP contribution in [-0.4, -0.2) is 22.7 Å². The second-order valence-corrected chi connectivity index (χ2v) is 4.87. The van der Waals surface area contributed by atoms with Crippen molar-refractivity contribution in [2.24, 2.45) is 0 Å². The first kappa shape index (κ1) is 13.1. The van der Waals surface area contributed by atoms with Crippen LogP contribution < -0.4 is 5.32 Å². The van der Waals surface area contributed by atoms with E-state index in [0.717, 1.165) is 16.8 Å². The van der Waals surface area contributed by atoms with Crippen LogP contribution in [0.3, 0.4) is 0 Å². The summed E-state index contributed by atoms with van der Waals surface area (Å²) in [4.78, 5) is 4.30. The van der Waals surface area contributed by atoms with E-state index < -0.39 is 0 Å². The van der Waals surface area contributed by atoms with Gasteiger partial charge in [-0.1, -0.05) is 36.4 Å². The summed E-state index contributed by atoms with van der Waals surface area (Å²) < 4.78 is 0.781. The van der Waals surface area contributed by atoms with E-state index in [2.05, 4.69) is 38.4 Å². The minimum absolute atomic E-state index is 0.0331. The molecule has 3 nitrogen and oxygen atoms in total. The first-order valence-electron chi connectivity index (χ1n) is 5.82. The molecule has 4 heteroatoms. The van der Waals surface area contributed by atoms with Crippen LogP contribution in [0.2, 0.25) is 0 Å². The molecular formula is C14H15BrN2O. The number of rotatable bonds is 5. The third-order valence-corrected chi connectivity index (χ3v) is 3.05. The molecular weight excluding hydrogens is 292 g/mol. The molecule has 0 fully saturated rings. The lowest BCUT2D eigenvalue weighted by molar-refractivity contribution is 0.273. The highest BCUT2D eigenvalue weighted by molar-refractivity contribution is 9.10. The highest BCUT2D eigenvalue weighted by Crippen LogP contribution is 2.12. The average molecular weight is 307 g/mol. The van der Waals surface area contributed by atoms with Crippen LogP contribution in [0.15, 0.2) is 53.1 Å². The first-order chi connectivity index (χ1) is 8.78. The molecule has 2 aromatic rings. The third kappa shape index (κ3) is 3.82. The Labute approximate surface area is 115 Å². The number of aliphatic hydroxyl groups is 1. The van der Waals surface area contributed by atoms with Gasteiger partial charge in [0.1, 0.15) is 10.4 Å². The predicted octanol–water partition coefficient (Wildman–Crippen LogP) is 2.86. The zero-order valence-corrected chi connectivity index (χ0v) is 11.5. The smallest absolute Gasteiger partial charge is 0.127 e. The molecule has 18 heavy (non-hydrogen) atoms. The molecule has 0 spiro atoms. The van der Waals surface area contributed by atoms with Crippen molar-refractivity contribution in [3.8, 4) is 0 Å². The van der Waals surface area contributed by atoms with E-state index in [1.165, 1.54) is 5.56 Å². The van der Waals surface area contributed by atoms with Crippen LogP contribution in [0.5, 0.6) is 0 Å².